The number of benzene rings is 1. The fraction of sp³-hybridized carbons (Fsp3) is 0.853. The summed E-state index contributed by atoms with van der Waals surface area (Å²) in [6, 6.07) is 5.78. The van der Waals surface area contributed by atoms with Crippen molar-refractivity contribution in [1.29, 1.82) is 0 Å². The molecule has 0 aliphatic carbocycles. The van der Waals surface area contributed by atoms with Crippen LogP contribution in [0.25, 0.3) is 0 Å². The van der Waals surface area contributed by atoms with Crippen molar-refractivity contribution in [2.75, 3.05) is 26.4 Å². The predicted octanol–water partition coefficient (Wildman–Crippen LogP) is 19.5. The zero-order valence-electron chi connectivity index (χ0n) is 72.2. The van der Waals surface area contributed by atoms with Gasteiger partial charge in [0.2, 0.25) is 0 Å². The Hall–Kier alpha value is -0.654. The van der Waals surface area contributed by atoms with Crippen LogP contribution in [0, 0.1) is 22.7 Å². The normalized spacial score (nSPS) is 16.0. The summed E-state index contributed by atoms with van der Waals surface area (Å²) in [4.78, 5) is 46.9. The fourth-order valence-corrected chi connectivity index (χ4v) is 67.1. The molecule has 1 aromatic carbocycles. The zero-order valence-corrected chi connectivity index (χ0v) is 85.5. The van der Waals surface area contributed by atoms with E-state index >= 15 is 0 Å². The first kappa shape index (κ1) is 112. The van der Waals surface area contributed by atoms with Crippen LogP contribution in [0.15, 0.2) is 24.3 Å². The Labute approximate surface area is 675 Å². The summed E-state index contributed by atoms with van der Waals surface area (Å²) in [6.45, 7) is 74.1. The Morgan fingerprint density at radius 1 is 0.528 bits per heavy atom. The second-order valence-corrected chi connectivity index (χ2v) is 77.4. The molecule has 1 saturated heterocycles. The molecule has 1 aliphatic rings. The van der Waals surface area contributed by atoms with E-state index in [9.17, 15) is 54.1 Å². The number of alkyl halides is 5. The van der Waals surface area contributed by atoms with Crippen molar-refractivity contribution in [2.45, 2.75) is 327 Å². The molecule has 40 heteroatoms. The first-order chi connectivity index (χ1) is 47.7. The minimum absolute atomic E-state index is 0. The monoisotopic (exact) mass is 1850 g/mol. The Bertz CT molecular complexity index is 2980. The summed E-state index contributed by atoms with van der Waals surface area (Å²) < 4.78 is 188. The number of esters is 4. The van der Waals surface area contributed by atoms with Crippen molar-refractivity contribution >= 4 is 128 Å². The maximum Gasteiger partial charge on any atom is 1.00 e. The molecular weight excluding hydrogens is 1710 g/mol. The van der Waals surface area contributed by atoms with Crippen LogP contribution in [0.4, 0.5) is 22.0 Å². The molecule has 0 aromatic heterocycles. The summed E-state index contributed by atoms with van der Waals surface area (Å²) in [5.74, 6) is -1.45. The van der Waals surface area contributed by atoms with E-state index in [1.54, 1.807) is 0 Å². The molecular formula is C68H142AgF5O22SSi11. The van der Waals surface area contributed by atoms with E-state index in [0.29, 0.717) is 25.7 Å². The number of rotatable bonds is 44. The number of halogens is 5. The van der Waals surface area contributed by atoms with Crippen molar-refractivity contribution in [3.05, 3.63) is 35.4 Å². The Kier molecular flexibility index (Phi) is 46.8. The number of hydrogen-bond acceptors (Lipinski definition) is 22. The molecule has 0 amide bonds. The van der Waals surface area contributed by atoms with Crippen molar-refractivity contribution in [1.82, 2.24) is 0 Å². The van der Waals surface area contributed by atoms with Gasteiger partial charge < -0.3 is 69.4 Å². The number of hydrogen-bond donors (Lipinski definition) is 0. The molecule has 5 unspecified atom stereocenters. The fourth-order valence-electron chi connectivity index (χ4n) is 11.3. The Balaban J connectivity index is -0.00000168. The van der Waals surface area contributed by atoms with Crippen molar-refractivity contribution in [3.8, 4) is 0 Å². The van der Waals surface area contributed by atoms with Crippen LogP contribution in [0.2, 0.25) is 157 Å². The number of epoxide rings is 1. The molecule has 0 saturated carbocycles. The van der Waals surface area contributed by atoms with Gasteiger partial charge in [0.15, 0.2) is 26.8 Å². The van der Waals surface area contributed by atoms with Gasteiger partial charge in [-0.1, -0.05) is 86.8 Å². The second-order valence-electron chi connectivity index (χ2n) is 34.4. The molecule has 1 fully saturated rings. The summed E-state index contributed by atoms with van der Waals surface area (Å²) in [6.07, 6.45) is -1.54. The number of carbonyl (C=O) groups excluding carboxylic acids is 4. The van der Waals surface area contributed by atoms with Gasteiger partial charge in [-0.25, -0.2) is 13.2 Å². The average Bonchev–Trinajstić information content (AvgIpc) is 1.61. The van der Waals surface area contributed by atoms with E-state index in [4.69, 9.17) is 60.1 Å². The quantitative estimate of drug-likeness (QED) is 0.0112. The van der Waals surface area contributed by atoms with Crippen molar-refractivity contribution in [2.24, 2.45) is 22.7 Å². The van der Waals surface area contributed by atoms with Gasteiger partial charge >= 0.3 is 135 Å². The van der Waals surface area contributed by atoms with Gasteiger partial charge in [-0.3, -0.25) is 14.4 Å². The molecule has 0 bridgehead atoms. The van der Waals surface area contributed by atoms with E-state index in [1.165, 1.54) is 31.4 Å². The van der Waals surface area contributed by atoms with Crippen LogP contribution >= 0.6 is 0 Å². The summed E-state index contributed by atoms with van der Waals surface area (Å²) in [7, 11) is -34.3. The minimum Gasteiger partial charge on any atom is -0.743 e. The summed E-state index contributed by atoms with van der Waals surface area (Å²) in [5.41, 5.74) is -0.563. The smallest absolute Gasteiger partial charge is 0.743 e. The van der Waals surface area contributed by atoms with Crippen LogP contribution in [-0.4, -0.2) is 181 Å². The van der Waals surface area contributed by atoms with Crippen LogP contribution in [0.3, 0.4) is 0 Å². The molecule has 1 heterocycles. The van der Waals surface area contributed by atoms with Gasteiger partial charge in [0.05, 0.1) is 42.1 Å². The largest absolute Gasteiger partial charge is 1.00 e. The molecule has 1 aromatic rings. The molecule has 5 atom stereocenters. The Morgan fingerprint density at radius 2 is 0.889 bits per heavy atom. The molecule has 1 aliphatic heterocycles. The number of carbonyl (C=O) groups is 4. The van der Waals surface area contributed by atoms with Gasteiger partial charge in [0, 0.05) is 0 Å². The first-order valence-electron chi connectivity index (χ1n) is 37.5. The van der Waals surface area contributed by atoms with Crippen LogP contribution in [-0.2, 0) is 112 Å². The SMILES string of the molecule is CCC(C)(C)C(=O)OCC1CO1.CCC(C)(C)C(=O)OCCC[Si](C)(C)O[Si](C)(C)O[Si](C)(C)O[Si](C)(C)O[Si](C)(C)O[Si](C)(C)O[Si](C)(C)O[Si](C)(C)O[Si](C)(C)O[Si](C)(C)O[Si](C)(C)C.CCC(C)c1ccc(C(=O)OC(C(F)(F)F)C(F)(F)S(=O)(=O)[O-])cc1.CCCCC(CC)COC(=O)C(C)CC.[Ag+]. The van der Waals surface area contributed by atoms with Crippen LogP contribution in [0.1, 0.15) is 163 Å². The average molecular weight is 1860 g/mol. The van der Waals surface area contributed by atoms with E-state index in [0.717, 1.165) is 68.9 Å². The van der Waals surface area contributed by atoms with Gasteiger partial charge in [-0.2, -0.15) is 22.0 Å². The van der Waals surface area contributed by atoms with Gasteiger partial charge in [-0.15, -0.1) is 0 Å². The van der Waals surface area contributed by atoms with E-state index in [2.05, 4.69) is 169 Å². The molecule has 22 nitrogen and oxygen atoms in total. The van der Waals surface area contributed by atoms with Gasteiger partial charge in [0.1, 0.15) is 12.7 Å². The number of unbranched alkanes of at least 4 members (excludes halogenated alkanes) is 1. The molecule has 2 rings (SSSR count). The van der Waals surface area contributed by atoms with Crippen molar-refractivity contribution < 1.29 is 141 Å². The maximum absolute atomic E-state index is 13.3. The molecule has 0 radical (unpaired) electrons. The van der Waals surface area contributed by atoms with E-state index < -0.39 is 138 Å². The minimum atomic E-state index is -6.71. The first-order valence-corrected chi connectivity index (χ1v) is 70.8. The summed E-state index contributed by atoms with van der Waals surface area (Å²) >= 11 is 0. The van der Waals surface area contributed by atoms with Crippen molar-refractivity contribution in [3.63, 3.8) is 0 Å². The topological polar surface area (TPSA) is 267 Å². The third-order valence-corrected chi connectivity index (χ3v) is 58.8. The third kappa shape index (κ3) is 47.5. The molecule has 642 valence electrons. The van der Waals surface area contributed by atoms with Gasteiger partial charge in [0.25, 0.3) is 6.10 Å². The predicted molar refractivity (Wildman–Crippen MR) is 437 cm³/mol. The molecule has 0 spiro atoms. The van der Waals surface area contributed by atoms with Gasteiger partial charge in [-0.05, 0) is 252 Å². The van der Waals surface area contributed by atoms with E-state index in [-0.39, 0.29) is 63.6 Å². The zero-order chi connectivity index (χ0) is 84.7. The Morgan fingerprint density at radius 3 is 1.19 bits per heavy atom. The van der Waals surface area contributed by atoms with E-state index in [1.807, 2.05) is 69.2 Å². The summed E-state index contributed by atoms with van der Waals surface area (Å²) in [5, 5.41) is -5.86. The number of ether oxygens (including phenoxy) is 5. The van der Waals surface area contributed by atoms with Crippen LogP contribution in [0.5, 0.6) is 0 Å². The standard InChI is InChI=1S/C32H86O12Si11.C14H15F5O5S.C13H26O2.C9H16O3.Ag/c1-27-32(2,3)31(33)34-29-28-30-46(7,8)36-48(11,12)38-50(15,16)40-52(19,20)42-54(23,24)44-55(25,26)43-53(21,22)41-51(17,18)39-49(13,14)37-47(9,10)35-45(4,5)6;1-3-8(2)9-4-6-10(7-5-9)11(20)24-12(13(15,16)17)14(18,19)25(21,22)23;1-5-8-9-12(7-3)10-15-13(14)11(4)6-2;1-4-9(2,3)8(10)12-6-7-5-11-7;/h27-30H2,1-26H3;4-8,12H,3H2,1-2H3,(H,21,22,23);11-12H,5-10H2,1-4H3;7H,4-6H2,1-3H3;/q;;;;+1/p-1. The molecule has 108 heavy (non-hydrogen) atoms. The maximum atomic E-state index is 13.3. The van der Waals surface area contributed by atoms with Crippen LogP contribution < -0.4 is 0 Å². The molecule has 0 N–H and O–H groups in total. The second kappa shape index (κ2) is 45.3. The third-order valence-electron chi connectivity index (χ3n) is 16.3.